The average molecular weight is 303 g/mol. The van der Waals surface area contributed by atoms with Crippen molar-refractivity contribution in [3.8, 4) is 0 Å². The standard InChI is InChI=1S/C12H13BrClNO/c1-3-15-7(2)11-5-8-4-9(13)6-10(14)12(8)16-11/h4-7,15H,3H2,1-2H3. The molecule has 0 aliphatic carbocycles. The van der Waals surface area contributed by atoms with Crippen LogP contribution in [-0.2, 0) is 0 Å². The van der Waals surface area contributed by atoms with Gasteiger partial charge in [0.15, 0.2) is 5.58 Å². The molecule has 1 heterocycles. The predicted octanol–water partition coefficient (Wildman–Crippen LogP) is 4.52. The van der Waals surface area contributed by atoms with Gasteiger partial charge in [-0.15, -0.1) is 0 Å². The molecule has 0 amide bonds. The molecule has 2 aromatic rings. The third-order valence-corrected chi connectivity index (χ3v) is 3.23. The van der Waals surface area contributed by atoms with Crippen LogP contribution in [0.1, 0.15) is 25.6 Å². The van der Waals surface area contributed by atoms with Crippen molar-refractivity contribution in [3.63, 3.8) is 0 Å². The summed E-state index contributed by atoms with van der Waals surface area (Å²) in [6.45, 7) is 5.06. The van der Waals surface area contributed by atoms with Crippen molar-refractivity contribution in [1.82, 2.24) is 5.32 Å². The van der Waals surface area contributed by atoms with Crippen LogP contribution >= 0.6 is 27.5 Å². The van der Waals surface area contributed by atoms with Crippen molar-refractivity contribution in [1.29, 1.82) is 0 Å². The first-order valence-electron chi connectivity index (χ1n) is 5.23. The molecule has 4 heteroatoms. The number of benzene rings is 1. The maximum atomic E-state index is 6.11. The molecule has 0 aliphatic rings. The van der Waals surface area contributed by atoms with E-state index in [-0.39, 0.29) is 6.04 Å². The summed E-state index contributed by atoms with van der Waals surface area (Å²) in [5.74, 6) is 0.914. The molecule has 0 saturated carbocycles. The first-order chi connectivity index (χ1) is 7.61. The Morgan fingerprint density at radius 1 is 1.44 bits per heavy atom. The summed E-state index contributed by atoms with van der Waals surface area (Å²) in [7, 11) is 0. The van der Waals surface area contributed by atoms with Crippen molar-refractivity contribution in [3.05, 3.63) is 33.5 Å². The highest BCUT2D eigenvalue weighted by Crippen LogP contribution is 2.32. The minimum Gasteiger partial charge on any atom is -0.458 e. The molecule has 2 nitrogen and oxygen atoms in total. The Balaban J connectivity index is 2.47. The minimum atomic E-state index is 0.201. The van der Waals surface area contributed by atoms with Gasteiger partial charge in [0.05, 0.1) is 11.1 Å². The number of hydrogen-bond acceptors (Lipinski definition) is 2. The Hall–Kier alpha value is -0.510. The van der Waals surface area contributed by atoms with Gasteiger partial charge in [0, 0.05) is 9.86 Å². The zero-order valence-corrected chi connectivity index (χ0v) is 11.5. The van der Waals surface area contributed by atoms with Crippen molar-refractivity contribution in [2.75, 3.05) is 6.54 Å². The van der Waals surface area contributed by atoms with Crippen molar-refractivity contribution >= 4 is 38.5 Å². The quantitative estimate of drug-likeness (QED) is 0.902. The molecule has 0 fully saturated rings. The van der Waals surface area contributed by atoms with Gasteiger partial charge in [-0.3, -0.25) is 0 Å². The summed E-state index contributed by atoms with van der Waals surface area (Å²) < 4.78 is 6.72. The second kappa shape index (κ2) is 4.78. The van der Waals surface area contributed by atoms with Crippen LogP contribution in [-0.4, -0.2) is 6.54 Å². The Labute approximate surface area is 108 Å². The van der Waals surface area contributed by atoms with Gasteiger partial charge in [-0.25, -0.2) is 0 Å². The lowest BCUT2D eigenvalue weighted by molar-refractivity contribution is 0.459. The molecule has 0 spiro atoms. The van der Waals surface area contributed by atoms with Crippen molar-refractivity contribution in [2.45, 2.75) is 19.9 Å². The lowest BCUT2D eigenvalue weighted by Gasteiger charge is -2.07. The van der Waals surface area contributed by atoms with E-state index >= 15 is 0 Å². The fourth-order valence-corrected chi connectivity index (χ4v) is 2.59. The van der Waals surface area contributed by atoms with Gasteiger partial charge in [-0.1, -0.05) is 34.5 Å². The van der Waals surface area contributed by atoms with Crippen LogP contribution in [0, 0.1) is 0 Å². The molecule has 1 aromatic carbocycles. The van der Waals surface area contributed by atoms with Crippen LogP contribution in [0.5, 0.6) is 0 Å². The molecular formula is C12H13BrClNO. The van der Waals surface area contributed by atoms with Gasteiger partial charge >= 0.3 is 0 Å². The Kier molecular flexibility index (Phi) is 3.57. The first kappa shape index (κ1) is 12.0. The molecule has 1 unspecified atom stereocenters. The fraction of sp³-hybridized carbons (Fsp3) is 0.333. The lowest BCUT2D eigenvalue weighted by atomic mass is 10.2. The van der Waals surface area contributed by atoms with E-state index in [1.54, 1.807) is 0 Å². The summed E-state index contributed by atoms with van der Waals surface area (Å²) in [6, 6.07) is 6.08. The highest BCUT2D eigenvalue weighted by molar-refractivity contribution is 9.10. The van der Waals surface area contributed by atoms with Gasteiger partial charge < -0.3 is 9.73 Å². The molecular weight excluding hydrogens is 289 g/mol. The molecule has 2 rings (SSSR count). The van der Waals surface area contributed by atoms with Crippen LogP contribution in [0.15, 0.2) is 27.1 Å². The maximum absolute atomic E-state index is 6.11. The van der Waals surface area contributed by atoms with E-state index in [0.29, 0.717) is 5.02 Å². The van der Waals surface area contributed by atoms with Crippen molar-refractivity contribution in [2.24, 2.45) is 0 Å². The molecule has 1 N–H and O–H groups in total. The third-order valence-electron chi connectivity index (χ3n) is 2.49. The number of nitrogens with one attached hydrogen (secondary N) is 1. The smallest absolute Gasteiger partial charge is 0.153 e. The molecule has 1 atom stereocenters. The largest absolute Gasteiger partial charge is 0.458 e. The average Bonchev–Trinajstić information content (AvgIpc) is 2.62. The van der Waals surface area contributed by atoms with E-state index in [0.717, 1.165) is 27.7 Å². The predicted molar refractivity (Wildman–Crippen MR) is 71.0 cm³/mol. The first-order valence-corrected chi connectivity index (χ1v) is 6.40. The molecule has 0 aliphatic heterocycles. The molecule has 0 bridgehead atoms. The Morgan fingerprint density at radius 3 is 2.88 bits per heavy atom. The monoisotopic (exact) mass is 301 g/mol. The van der Waals surface area contributed by atoms with Crippen LogP contribution in [0.25, 0.3) is 11.0 Å². The molecule has 0 radical (unpaired) electrons. The molecule has 16 heavy (non-hydrogen) atoms. The van der Waals surface area contributed by atoms with Gasteiger partial charge in [0.25, 0.3) is 0 Å². The lowest BCUT2D eigenvalue weighted by Crippen LogP contribution is -2.16. The van der Waals surface area contributed by atoms with Crippen molar-refractivity contribution < 1.29 is 4.42 Å². The topological polar surface area (TPSA) is 25.2 Å². The highest BCUT2D eigenvalue weighted by Gasteiger charge is 2.12. The summed E-state index contributed by atoms with van der Waals surface area (Å²) in [4.78, 5) is 0. The van der Waals surface area contributed by atoms with Crippen LogP contribution in [0.2, 0.25) is 5.02 Å². The van der Waals surface area contributed by atoms with E-state index in [1.165, 1.54) is 0 Å². The minimum absolute atomic E-state index is 0.201. The van der Waals surface area contributed by atoms with Gasteiger partial charge in [0.2, 0.25) is 0 Å². The normalized spacial score (nSPS) is 13.2. The second-order valence-electron chi connectivity index (χ2n) is 3.73. The maximum Gasteiger partial charge on any atom is 0.153 e. The van der Waals surface area contributed by atoms with Gasteiger partial charge in [0.1, 0.15) is 5.76 Å². The van der Waals surface area contributed by atoms with E-state index in [1.807, 2.05) is 18.2 Å². The van der Waals surface area contributed by atoms with Crippen LogP contribution in [0.3, 0.4) is 0 Å². The highest BCUT2D eigenvalue weighted by atomic mass is 79.9. The van der Waals surface area contributed by atoms with E-state index in [9.17, 15) is 0 Å². The summed E-state index contributed by atoms with van der Waals surface area (Å²) in [6.07, 6.45) is 0. The Bertz CT molecular complexity index is 509. The van der Waals surface area contributed by atoms with Crippen LogP contribution < -0.4 is 5.32 Å². The SMILES string of the molecule is CCNC(C)c1cc2cc(Br)cc(Cl)c2o1. The number of furan rings is 1. The number of rotatable bonds is 3. The number of fused-ring (bicyclic) bond motifs is 1. The number of halogens is 2. The van der Waals surface area contributed by atoms with E-state index in [4.69, 9.17) is 16.0 Å². The number of hydrogen-bond donors (Lipinski definition) is 1. The molecule has 0 saturated heterocycles. The fourth-order valence-electron chi connectivity index (χ4n) is 1.72. The zero-order chi connectivity index (χ0) is 11.7. The summed E-state index contributed by atoms with van der Waals surface area (Å²) in [5, 5.41) is 4.97. The van der Waals surface area contributed by atoms with E-state index < -0.39 is 0 Å². The summed E-state index contributed by atoms with van der Waals surface area (Å²) >= 11 is 9.53. The molecule has 1 aromatic heterocycles. The van der Waals surface area contributed by atoms with Gasteiger partial charge in [-0.2, -0.15) is 0 Å². The molecule has 86 valence electrons. The Morgan fingerprint density at radius 2 is 2.19 bits per heavy atom. The zero-order valence-electron chi connectivity index (χ0n) is 9.18. The second-order valence-corrected chi connectivity index (χ2v) is 5.06. The van der Waals surface area contributed by atoms with E-state index in [2.05, 4.69) is 35.1 Å². The summed E-state index contributed by atoms with van der Waals surface area (Å²) in [5.41, 5.74) is 0.754. The third kappa shape index (κ3) is 2.26. The van der Waals surface area contributed by atoms with Crippen LogP contribution in [0.4, 0.5) is 0 Å². The van der Waals surface area contributed by atoms with Gasteiger partial charge in [-0.05, 0) is 31.7 Å².